The lowest BCUT2D eigenvalue weighted by Gasteiger charge is -2.27. The van der Waals surface area contributed by atoms with Gasteiger partial charge < -0.3 is 9.47 Å². The Labute approximate surface area is 159 Å². The average molecular weight is 361 g/mol. The Hall–Kier alpha value is -3.14. The van der Waals surface area contributed by atoms with Crippen LogP contribution in [0.5, 0.6) is 0 Å². The molecule has 0 amide bonds. The van der Waals surface area contributed by atoms with Crippen molar-refractivity contribution in [3.8, 4) is 0 Å². The Bertz CT molecular complexity index is 932. The summed E-state index contributed by atoms with van der Waals surface area (Å²) in [6.07, 6.45) is 3.19. The summed E-state index contributed by atoms with van der Waals surface area (Å²) in [5.41, 5.74) is 3.27. The van der Waals surface area contributed by atoms with E-state index < -0.39 is 5.97 Å². The largest absolute Gasteiger partial charge is 0.466 e. The van der Waals surface area contributed by atoms with Gasteiger partial charge in [-0.25, -0.2) is 9.79 Å². The fraction of sp³-hybridized carbons (Fsp3) is 0.217. The molecule has 0 N–H and O–H groups in total. The Balaban J connectivity index is 2.20. The van der Waals surface area contributed by atoms with Gasteiger partial charge in [-0.1, -0.05) is 51.1 Å². The second kappa shape index (κ2) is 7.62. The van der Waals surface area contributed by atoms with Crippen LogP contribution in [-0.2, 0) is 14.3 Å². The summed E-state index contributed by atoms with van der Waals surface area (Å²) >= 11 is 0. The van der Waals surface area contributed by atoms with Crippen molar-refractivity contribution in [2.45, 2.75) is 20.8 Å². The van der Waals surface area contributed by atoms with Crippen molar-refractivity contribution in [1.29, 1.82) is 0 Å². The van der Waals surface area contributed by atoms with E-state index in [0.717, 1.165) is 22.4 Å². The summed E-state index contributed by atoms with van der Waals surface area (Å²) in [7, 11) is 1.36. The molecule has 4 nitrogen and oxygen atoms in total. The van der Waals surface area contributed by atoms with Gasteiger partial charge in [0.05, 0.1) is 12.8 Å². The van der Waals surface area contributed by atoms with Gasteiger partial charge in [-0.05, 0) is 35.8 Å². The van der Waals surface area contributed by atoms with E-state index in [9.17, 15) is 4.79 Å². The zero-order valence-electron chi connectivity index (χ0n) is 16.0. The van der Waals surface area contributed by atoms with E-state index in [-0.39, 0.29) is 5.41 Å². The third-order valence-corrected chi connectivity index (χ3v) is 4.23. The summed E-state index contributed by atoms with van der Waals surface area (Å²) in [4.78, 5) is 16.3. The molecule has 0 bridgehead atoms. The highest BCUT2D eigenvalue weighted by molar-refractivity contribution is 6.02. The SMILES string of the molecule is COC(=O)/C=C/C(=C1/OC(c2ccccc2)=Nc2ccccc21)C(C)(C)C. The van der Waals surface area contributed by atoms with Crippen molar-refractivity contribution in [1.82, 2.24) is 0 Å². The van der Waals surface area contributed by atoms with Gasteiger partial charge in [-0.15, -0.1) is 0 Å². The van der Waals surface area contributed by atoms with Crippen LogP contribution in [0.15, 0.2) is 77.3 Å². The lowest BCUT2D eigenvalue weighted by molar-refractivity contribution is -0.134. The Morgan fingerprint density at radius 3 is 2.33 bits per heavy atom. The number of para-hydroxylation sites is 1. The molecule has 3 rings (SSSR count). The quantitative estimate of drug-likeness (QED) is 0.552. The summed E-state index contributed by atoms with van der Waals surface area (Å²) in [6.45, 7) is 6.24. The van der Waals surface area contributed by atoms with Crippen LogP contribution < -0.4 is 0 Å². The van der Waals surface area contributed by atoms with Gasteiger partial charge in [0.15, 0.2) is 0 Å². The number of aliphatic imine (C=N–C) groups is 1. The number of esters is 1. The molecule has 0 saturated carbocycles. The van der Waals surface area contributed by atoms with Crippen molar-refractivity contribution >= 4 is 23.3 Å². The van der Waals surface area contributed by atoms with Crippen LogP contribution in [0.3, 0.4) is 0 Å². The van der Waals surface area contributed by atoms with Crippen molar-refractivity contribution < 1.29 is 14.3 Å². The van der Waals surface area contributed by atoms with E-state index in [1.807, 2.05) is 54.6 Å². The lowest BCUT2D eigenvalue weighted by Crippen LogP contribution is -2.17. The number of fused-ring (bicyclic) bond motifs is 1. The van der Waals surface area contributed by atoms with Crippen LogP contribution in [-0.4, -0.2) is 19.0 Å². The monoisotopic (exact) mass is 361 g/mol. The zero-order valence-corrected chi connectivity index (χ0v) is 16.0. The minimum atomic E-state index is -0.404. The molecule has 0 unspecified atom stereocenters. The highest BCUT2D eigenvalue weighted by Crippen LogP contribution is 2.40. The molecule has 0 radical (unpaired) electrons. The number of allylic oxidation sites excluding steroid dienone is 2. The van der Waals surface area contributed by atoms with E-state index in [2.05, 4.69) is 25.8 Å². The minimum Gasteiger partial charge on any atom is -0.466 e. The van der Waals surface area contributed by atoms with E-state index in [1.165, 1.54) is 13.2 Å². The third-order valence-electron chi connectivity index (χ3n) is 4.23. The van der Waals surface area contributed by atoms with E-state index >= 15 is 0 Å². The second-order valence-electron chi connectivity index (χ2n) is 7.25. The molecule has 4 heteroatoms. The van der Waals surface area contributed by atoms with E-state index in [4.69, 9.17) is 9.47 Å². The zero-order chi connectivity index (χ0) is 19.4. The minimum absolute atomic E-state index is 0.258. The van der Waals surface area contributed by atoms with Crippen LogP contribution in [0.4, 0.5) is 5.69 Å². The lowest BCUT2D eigenvalue weighted by atomic mass is 9.83. The highest BCUT2D eigenvalue weighted by Gasteiger charge is 2.27. The molecule has 0 saturated heterocycles. The highest BCUT2D eigenvalue weighted by atomic mass is 16.5. The average Bonchev–Trinajstić information content (AvgIpc) is 2.67. The number of ether oxygens (including phenoxy) is 2. The maximum absolute atomic E-state index is 11.7. The number of carbonyl (C=O) groups excluding carboxylic acids is 1. The number of hydrogen-bond donors (Lipinski definition) is 0. The number of methoxy groups -OCH3 is 1. The Morgan fingerprint density at radius 2 is 1.67 bits per heavy atom. The molecule has 0 fully saturated rings. The number of carbonyl (C=O) groups is 1. The molecule has 1 aliphatic heterocycles. The molecule has 1 heterocycles. The Kier molecular flexibility index (Phi) is 5.26. The number of benzene rings is 2. The van der Waals surface area contributed by atoms with Crippen LogP contribution >= 0.6 is 0 Å². The van der Waals surface area contributed by atoms with Gasteiger partial charge >= 0.3 is 5.97 Å². The van der Waals surface area contributed by atoms with Crippen LogP contribution in [0.2, 0.25) is 0 Å². The number of hydrogen-bond acceptors (Lipinski definition) is 4. The van der Waals surface area contributed by atoms with Crippen molar-refractivity contribution in [2.24, 2.45) is 10.4 Å². The van der Waals surface area contributed by atoms with Gasteiger partial charge in [-0.2, -0.15) is 0 Å². The van der Waals surface area contributed by atoms with Gasteiger partial charge in [-0.3, -0.25) is 0 Å². The molecular weight excluding hydrogens is 338 g/mol. The summed E-state index contributed by atoms with van der Waals surface area (Å²) in [6, 6.07) is 17.6. The molecule has 0 aliphatic carbocycles. The first kappa shape index (κ1) is 18.6. The predicted octanol–water partition coefficient (Wildman–Crippen LogP) is 5.28. The van der Waals surface area contributed by atoms with E-state index in [0.29, 0.717) is 11.7 Å². The van der Waals surface area contributed by atoms with Gasteiger partial charge in [0.2, 0.25) is 5.90 Å². The fourth-order valence-electron chi connectivity index (χ4n) is 2.84. The van der Waals surface area contributed by atoms with Gasteiger partial charge in [0.25, 0.3) is 0 Å². The summed E-state index contributed by atoms with van der Waals surface area (Å²) < 4.78 is 11.0. The normalized spacial score (nSPS) is 15.6. The third kappa shape index (κ3) is 4.17. The molecule has 138 valence electrons. The predicted molar refractivity (Wildman–Crippen MR) is 108 cm³/mol. The van der Waals surface area contributed by atoms with E-state index in [1.54, 1.807) is 6.08 Å². The Morgan fingerprint density at radius 1 is 1.00 bits per heavy atom. The van der Waals surface area contributed by atoms with Crippen LogP contribution in [0.25, 0.3) is 5.76 Å². The first-order valence-electron chi connectivity index (χ1n) is 8.82. The standard InChI is InChI=1S/C23H23NO3/c1-23(2,3)18(14-15-20(25)26-4)21-17-12-8-9-13-19(17)24-22(27-21)16-10-6-5-7-11-16/h5-15H,1-4H3/b15-14+,21-18-. The summed E-state index contributed by atoms with van der Waals surface area (Å²) in [5, 5.41) is 0. The van der Waals surface area contributed by atoms with Crippen LogP contribution in [0.1, 0.15) is 31.9 Å². The topological polar surface area (TPSA) is 47.9 Å². The molecule has 2 aromatic rings. The van der Waals surface area contributed by atoms with Crippen molar-refractivity contribution in [3.05, 3.63) is 83.4 Å². The van der Waals surface area contributed by atoms with Gasteiger partial charge in [0, 0.05) is 22.8 Å². The second-order valence-corrected chi connectivity index (χ2v) is 7.25. The molecule has 0 atom stereocenters. The van der Waals surface area contributed by atoms with Crippen molar-refractivity contribution in [2.75, 3.05) is 7.11 Å². The van der Waals surface area contributed by atoms with Crippen LogP contribution in [0, 0.1) is 5.41 Å². The first-order chi connectivity index (χ1) is 12.9. The summed E-state index contributed by atoms with van der Waals surface area (Å²) in [5.74, 6) is 0.836. The molecular formula is C23H23NO3. The molecule has 0 aromatic heterocycles. The molecule has 27 heavy (non-hydrogen) atoms. The molecule has 0 spiro atoms. The maximum Gasteiger partial charge on any atom is 0.330 e. The fourth-order valence-corrected chi connectivity index (χ4v) is 2.84. The molecule has 1 aliphatic rings. The molecule has 2 aromatic carbocycles. The smallest absolute Gasteiger partial charge is 0.330 e. The van der Waals surface area contributed by atoms with Crippen molar-refractivity contribution in [3.63, 3.8) is 0 Å². The van der Waals surface area contributed by atoms with Gasteiger partial charge in [0.1, 0.15) is 5.76 Å². The first-order valence-corrected chi connectivity index (χ1v) is 8.82. The number of nitrogens with zero attached hydrogens (tertiary/aromatic N) is 1. The number of rotatable bonds is 3. The maximum atomic E-state index is 11.7.